The molecule has 1 amide bonds. The summed E-state index contributed by atoms with van der Waals surface area (Å²) in [7, 11) is 1.57. The first-order chi connectivity index (χ1) is 7.61. The highest BCUT2D eigenvalue weighted by Crippen LogP contribution is 2.09. The Kier molecular flexibility index (Phi) is 4.79. The van der Waals surface area contributed by atoms with Crippen molar-refractivity contribution in [3.8, 4) is 0 Å². The van der Waals surface area contributed by atoms with Crippen LogP contribution in [0.25, 0.3) is 0 Å². The highest BCUT2D eigenvalue weighted by molar-refractivity contribution is 5.84. The molecule has 0 bridgehead atoms. The number of methoxy groups -OCH3 is 1. The summed E-state index contributed by atoms with van der Waals surface area (Å²) >= 11 is 0. The lowest BCUT2D eigenvalue weighted by Crippen LogP contribution is -2.23. The van der Waals surface area contributed by atoms with E-state index in [1.807, 2.05) is 31.2 Å². The van der Waals surface area contributed by atoms with Gasteiger partial charge in [-0.05, 0) is 26.0 Å². The molecule has 0 aliphatic rings. The molecule has 0 heterocycles. The fraction of sp³-hybridized carbons (Fsp3) is 0.417. The first kappa shape index (κ1) is 12.5. The number of ether oxygens (including phenoxy) is 2. The first-order valence-corrected chi connectivity index (χ1v) is 5.15. The molecular formula is C12H17NO3. The Hall–Kier alpha value is -1.55. The Balaban J connectivity index is 2.42. The lowest BCUT2D eigenvalue weighted by atomic mass is 10.2. The van der Waals surface area contributed by atoms with Gasteiger partial charge in [0, 0.05) is 12.8 Å². The number of aryl methyl sites for hydroxylation is 1. The summed E-state index contributed by atoms with van der Waals surface area (Å²) in [5, 5.41) is 2.64. The van der Waals surface area contributed by atoms with Crippen molar-refractivity contribution in [2.75, 3.05) is 19.0 Å². The molecule has 4 heteroatoms. The third-order valence-corrected chi connectivity index (χ3v) is 2.01. The molecular weight excluding hydrogens is 206 g/mol. The highest BCUT2D eigenvalue weighted by atomic mass is 16.6. The van der Waals surface area contributed by atoms with Crippen molar-refractivity contribution >= 4 is 11.8 Å². The minimum absolute atomic E-state index is 0.254. The molecule has 0 aliphatic heterocycles. The van der Waals surface area contributed by atoms with Gasteiger partial charge in [-0.15, -0.1) is 0 Å². The second-order valence-electron chi connectivity index (χ2n) is 3.66. The van der Waals surface area contributed by atoms with Crippen LogP contribution in [0.2, 0.25) is 0 Å². The molecule has 0 aliphatic carbocycles. The van der Waals surface area contributed by atoms with Gasteiger partial charge < -0.3 is 9.47 Å². The van der Waals surface area contributed by atoms with Crippen molar-refractivity contribution in [3.05, 3.63) is 29.8 Å². The predicted octanol–water partition coefficient (Wildman–Crippen LogP) is 2.58. The summed E-state index contributed by atoms with van der Waals surface area (Å²) < 4.78 is 9.92. The second-order valence-corrected chi connectivity index (χ2v) is 3.66. The number of nitrogens with one attached hydrogen (secondary N) is 1. The molecule has 0 saturated heterocycles. The van der Waals surface area contributed by atoms with E-state index in [1.165, 1.54) is 0 Å². The summed E-state index contributed by atoms with van der Waals surface area (Å²) in [6, 6.07) is 7.51. The van der Waals surface area contributed by atoms with E-state index in [0.29, 0.717) is 6.61 Å². The van der Waals surface area contributed by atoms with E-state index >= 15 is 0 Å². The molecule has 1 atom stereocenters. The quantitative estimate of drug-likeness (QED) is 0.853. The van der Waals surface area contributed by atoms with Crippen molar-refractivity contribution in [2.45, 2.75) is 20.0 Å². The molecule has 1 unspecified atom stereocenters. The van der Waals surface area contributed by atoms with Gasteiger partial charge in [0.05, 0.1) is 6.61 Å². The Labute approximate surface area is 95.6 Å². The van der Waals surface area contributed by atoms with Crippen molar-refractivity contribution in [1.29, 1.82) is 0 Å². The fourth-order valence-electron chi connectivity index (χ4n) is 1.24. The van der Waals surface area contributed by atoms with Crippen LogP contribution >= 0.6 is 0 Å². The van der Waals surface area contributed by atoms with Crippen LogP contribution in [-0.4, -0.2) is 25.9 Å². The van der Waals surface area contributed by atoms with E-state index in [2.05, 4.69) is 5.32 Å². The van der Waals surface area contributed by atoms with Crippen LogP contribution in [0.15, 0.2) is 24.3 Å². The molecule has 0 radical (unpaired) electrons. The van der Waals surface area contributed by atoms with Crippen molar-refractivity contribution in [3.63, 3.8) is 0 Å². The molecule has 1 rings (SSSR count). The maximum absolute atomic E-state index is 11.4. The van der Waals surface area contributed by atoms with Crippen LogP contribution in [0.1, 0.15) is 12.5 Å². The van der Waals surface area contributed by atoms with Crippen LogP contribution in [-0.2, 0) is 9.47 Å². The van der Waals surface area contributed by atoms with Gasteiger partial charge >= 0.3 is 6.09 Å². The van der Waals surface area contributed by atoms with Gasteiger partial charge in [-0.1, -0.05) is 17.7 Å². The van der Waals surface area contributed by atoms with Gasteiger partial charge in [-0.3, -0.25) is 5.32 Å². The number of anilines is 1. The van der Waals surface area contributed by atoms with E-state index in [9.17, 15) is 4.79 Å². The zero-order valence-corrected chi connectivity index (χ0v) is 9.82. The molecule has 0 saturated carbocycles. The summed E-state index contributed by atoms with van der Waals surface area (Å²) in [5.41, 5.74) is 1.87. The fourth-order valence-corrected chi connectivity index (χ4v) is 1.24. The van der Waals surface area contributed by atoms with E-state index in [1.54, 1.807) is 14.0 Å². The Morgan fingerprint density at radius 3 is 2.56 bits per heavy atom. The third-order valence-electron chi connectivity index (χ3n) is 2.01. The van der Waals surface area contributed by atoms with Gasteiger partial charge in [0.15, 0.2) is 0 Å². The molecule has 0 spiro atoms. The maximum Gasteiger partial charge on any atom is 0.411 e. The molecule has 4 nitrogen and oxygen atoms in total. The number of carbonyl (C=O) groups is 1. The summed E-state index contributed by atoms with van der Waals surface area (Å²) in [6.07, 6.45) is -0.719. The lowest BCUT2D eigenvalue weighted by molar-refractivity contribution is 0.0564. The monoisotopic (exact) mass is 223 g/mol. The number of carbonyl (C=O) groups excluding carboxylic acids is 1. The second kappa shape index (κ2) is 6.12. The van der Waals surface area contributed by atoms with Crippen molar-refractivity contribution in [1.82, 2.24) is 0 Å². The Morgan fingerprint density at radius 2 is 2.00 bits per heavy atom. The Bertz CT molecular complexity index is 335. The van der Waals surface area contributed by atoms with Gasteiger partial charge in [-0.25, -0.2) is 4.79 Å². The van der Waals surface area contributed by atoms with E-state index in [-0.39, 0.29) is 6.10 Å². The standard InChI is InChI=1S/C12H17NO3/c1-9-4-6-11(7-5-9)13-12(14)16-10(2)8-15-3/h4-7,10H,8H2,1-3H3,(H,13,14). The highest BCUT2D eigenvalue weighted by Gasteiger charge is 2.08. The lowest BCUT2D eigenvalue weighted by Gasteiger charge is -2.12. The minimum Gasteiger partial charge on any atom is -0.444 e. The maximum atomic E-state index is 11.4. The van der Waals surface area contributed by atoms with Crippen molar-refractivity contribution in [2.24, 2.45) is 0 Å². The van der Waals surface area contributed by atoms with E-state index in [4.69, 9.17) is 9.47 Å². The molecule has 1 aromatic carbocycles. The van der Waals surface area contributed by atoms with Gasteiger partial charge in [0.1, 0.15) is 6.10 Å². The molecule has 0 fully saturated rings. The smallest absolute Gasteiger partial charge is 0.411 e. The van der Waals surface area contributed by atoms with Gasteiger partial charge in [-0.2, -0.15) is 0 Å². The Morgan fingerprint density at radius 1 is 1.38 bits per heavy atom. The first-order valence-electron chi connectivity index (χ1n) is 5.15. The normalized spacial score (nSPS) is 11.9. The van der Waals surface area contributed by atoms with Crippen LogP contribution in [0.4, 0.5) is 10.5 Å². The number of hydrogen-bond donors (Lipinski definition) is 1. The van der Waals surface area contributed by atoms with E-state index < -0.39 is 6.09 Å². The van der Waals surface area contributed by atoms with Crippen LogP contribution in [0.5, 0.6) is 0 Å². The average Bonchev–Trinajstić information content (AvgIpc) is 2.21. The van der Waals surface area contributed by atoms with E-state index in [0.717, 1.165) is 11.3 Å². The topological polar surface area (TPSA) is 47.6 Å². The molecule has 0 aromatic heterocycles. The summed E-state index contributed by atoms with van der Waals surface area (Å²) in [4.78, 5) is 11.4. The van der Waals surface area contributed by atoms with Crippen LogP contribution in [0, 0.1) is 6.92 Å². The predicted molar refractivity (Wildman–Crippen MR) is 62.6 cm³/mol. The molecule has 1 N–H and O–H groups in total. The largest absolute Gasteiger partial charge is 0.444 e. The summed E-state index contributed by atoms with van der Waals surface area (Å²) in [5.74, 6) is 0. The van der Waals surface area contributed by atoms with Gasteiger partial charge in [0.25, 0.3) is 0 Å². The summed E-state index contributed by atoms with van der Waals surface area (Å²) in [6.45, 7) is 4.16. The van der Waals surface area contributed by atoms with Crippen LogP contribution < -0.4 is 5.32 Å². The minimum atomic E-state index is -0.464. The van der Waals surface area contributed by atoms with Crippen LogP contribution in [0.3, 0.4) is 0 Å². The SMILES string of the molecule is COCC(C)OC(=O)Nc1ccc(C)cc1. The number of amides is 1. The van der Waals surface area contributed by atoms with Crippen molar-refractivity contribution < 1.29 is 14.3 Å². The zero-order chi connectivity index (χ0) is 12.0. The average molecular weight is 223 g/mol. The molecule has 88 valence electrons. The third kappa shape index (κ3) is 4.31. The number of rotatable bonds is 4. The zero-order valence-electron chi connectivity index (χ0n) is 9.82. The number of benzene rings is 1. The number of hydrogen-bond acceptors (Lipinski definition) is 3. The van der Waals surface area contributed by atoms with Gasteiger partial charge in [0.2, 0.25) is 0 Å². The molecule has 1 aromatic rings. The molecule has 16 heavy (non-hydrogen) atoms.